The first-order valence-corrected chi connectivity index (χ1v) is 10.3. The summed E-state index contributed by atoms with van der Waals surface area (Å²) in [6.45, 7) is 2.72. The first-order valence-electron chi connectivity index (χ1n) is 9.49. The van der Waals surface area contributed by atoms with Crippen molar-refractivity contribution >= 4 is 46.3 Å². The standard InChI is InChI=1S/C21H20N4O4S/c26-19(23-15-4-6-17(7-5-15)24-9-11-29-12-10-24)14-25-20(27)18(30-21(25)28)13-16-3-1-2-8-22-16/h1-8,13H,9-12,14H2,(H,23,26)/b18-13-. The molecule has 1 N–H and O–H groups in total. The number of pyridine rings is 1. The number of carbonyl (C=O) groups excluding carboxylic acids is 3. The van der Waals surface area contributed by atoms with Crippen LogP contribution in [0.3, 0.4) is 0 Å². The molecule has 1 aromatic carbocycles. The third kappa shape index (κ3) is 4.69. The first kappa shape index (κ1) is 20.1. The number of imide groups is 1. The number of amides is 3. The van der Waals surface area contributed by atoms with Gasteiger partial charge >= 0.3 is 0 Å². The Kier molecular flexibility index (Phi) is 6.10. The molecule has 30 heavy (non-hydrogen) atoms. The largest absolute Gasteiger partial charge is 0.378 e. The maximum Gasteiger partial charge on any atom is 0.294 e. The van der Waals surface area contributed by atoms with E-state index >= 15 is 0 Å². The lowest BCUT2D eigenvalue weighted by atomic mass is 10.2. The van der Waals surface area contributed by atoms with Gasteiger partial charge in [0.05, 0.1) is 23.8 Å². The zero-order valence-corrected chi connectivity index (χ0v) is 16.9. The molecule has 4 rings (SSSR count). The van der Waals surface area contributed by atoms with Crippen LogP contribution in [-0.4, -0.2) is 59.8 Å². The van der Waals surface area contributed by atoms with Crippen LogP contribution in [0.4, 0.5) is 16.2 Å². The maximum atomic E-state index is 12.5. The second kappa shape index (κ2) is 9.10. The van der Waals surface area contributed by atoms with Gasteiger partial charge in [-0.05, 0) is 54.2 Å². The Bertz CT molecular complexity index is 972. The molecule has 3 amide bonds. The first-order chi connectivity index (χ1) is 14.6. The van der Waals surface area contributed by atoms with Gasteiger partial charge in [0.1, 0.15) is 6.54 Å². The molecule has 2 aliphatic rings. The van der Waals surface area contributed by atoms with Crippen molar-refractivity contribution < 1.29 is 19.1 Å². The third-order valence-corrected chi connectivity index (χ3v) is 5.58. The molecule has 2 saturated heterocycles. The van der Waals surface area contributed by atoms with Gasteiger partial charge in [-0.2, -0.15) is 0 Å². The van der Waals surface area contributed by atoms with Gasteiger partial charge < -0.3 is 15.0 Å². The fourth-order valence-corrected chi connectivity index (χ4v) is 3.98. The van der Waals surface area contributed by atoms with Crippen LogP contribution in [0.2, 0.25) is 0 Å². The summed E-state index contributed by atoms with van der Waals surface area (Å²) in [6, 6.07) is 12.8. The summed E-state index contributed by atoms with van der Waals surface area (Å²) in [5, 5.41) is 2.26. The van der Waals surface area contributed by atoms with E-state index in [9.17, 15) is 14.4 Å². The molecule has 0 bridgehead atoms. The molecular weight excluding hydrogens is 404 g/mol. The van der Waals surface area contributed by atoms with Crippen molar-refractivity contribution in [2.75, 3.05) is 43.1 Å². The van der Waals surface area contributed by atoms with Crippen LogP contribution in [-0.2, 0) is 14.3 Å². The highest BCUT2D eigenvalue weighted by Crippen LogP contribution is 2.31. The number of morpholine rings is 1. The Morgan fingerprint density at radius 2 is 1.90 bits per heavy atom. The third-order valence-electron chi connectivity index (χ3n) is 4.67. The zero-order chi connectivity index (χ0) is 20.9. The van der Waals surface area contributed by atoms with E-state index in [1.807, 2.05) is 12.1 Å². The van der Waals surface area contributed by atoms with Gasteiger partial charge in [0.25, 0.3) is 11.1 Å². The molecule has 0 unspecified atom stereocenters. The van der Waals surface area contributed by atoms with Crippen LogP contribution in [0.1, 0.15) is 5.69 Å². The second-order valence-corrected chi connectivity index (χ2v) is 7.71. The van der Waals surface area contributed by atoms with E-state index in [1.54, 1.807) is 42.6 Å². The fourth-order valence-electron chi connectivity index (χ4n) is 3.15. The number of hydrogen-bond donors (Lipinski definition) is 1. The number of nitrogens with one attached hydrogen (secondary N) is 1. The normalized spacial score (nSPS) is 18.2. The summed E-state index contributed by atoms with van der Waals surface area (Å²) in [5.41, 5.74) is 2.24. The fraction of sp³-hybridized carbons (Fsp3) is 0.238. The molecule has 2 aromatic rings. The summed E-state index contributed by atoms with van der Waals surface area (Å²) in [5.74, 6) is -0.927. The quantitative estimate of drug-likeness (QED) is 0.738. The van der Waals surface area contributed by atoms with Crippen molar-refractivity contribution in [3.63, 3.8) is 0 Å². The smallest absolute Gasteiger partial charge is 0.294 e. The van der Waals surface area contributed by atoms with E-state index in [4.69, 9.17) is 4.74 Å². The highest BCUT2D eigenvalue weighted by Gasteiger charge is 2.36. The van der Waals surface area contributed by atoms with Crippen molar-refractivity contribution in [1.29, 1.82) is 0 Å². The second-order valence-electron chi connectivity index (χ2n) is 6.72. The number of benzene rings is 1. The van der Waals surface area contributed by atoms with Crippen molar-refractivity contribution in [3.05, 3.63) is 59.3 Å². The molecule has 2 fully saturated rings. The topological polar surface area (TPSA) is 91.8 Å². The van der Waals surface area contributed by atoms with Crippen LogP contribution < -0.4 is 10.2 Å². The molecule has 154 valence electrons. The Labute approximate surface area is 177 Å². The predicted octanol–water partition coefficient (Wildman–Crippen LogP) is 2.59. The van der Waals surface area contributed by atoms with Crippen molar-refractivity contribution in [3.8, 4) is 0 Å². The van der Waals surface area contributed by atoms with Crippen LogP contribution in [0.5, 0.6) is 0 Å². The molecule has 0 radical (unpaired) electrons. The molecule has 0 spiro atoms. The minimum absolute atomic E-state index is 0.251. The molecule has 1 aromatic heterocycles. The Morgan fingerprint density at radius 3 is 2.60 bits per heavy atom. The average Bonchev–Trinajstić information content (AvgIpc) is 3.03. The molecular formula is C21H20N4O4S. The minimum Gasteiger partial charge on any atom is -0.378 e. The molecule has 3 heterocycles. The van der Waals surface area contributed by atoms with Crippen molar-refractivity contribution in [2.24, 2.45) is 0 Å². The van der Waals surface area contributed by atoms with E-state index in [-0.39, 0.29) is 11.4 Å². The van der Waals surface area contributed by atoms with E-state index < -0.39 is 17.1 Å². The summed E-state index contributed by atoms with van der Waals surface area (Å²) >= 11 is 0.805. The number of thioether (sulfide) groups is 1. The lowest BCUT2D eigenvalue weighted by Crippen LogP contribution is -2.36. The molecule has 9 heteroatoms. The van der Waals surface area contributed by atoms with Crippen LogP contribution in [0, 0.1) is 0 Å². The summed E-state index contributed by atoms with van der Waals surface area (Å²) in [4.78, 5) is 44.6. The van der Waals surface area contributed by atoms with Crippen LogP contribution in [0.15, 0.2) is 53.6 Å². The van der Waals surface area contributed by atoms with Gasteiger partial charge in [0.15, 0.2) is 0 Å². The molecule has 0 aliphatic carbocycles. The summed E-state index contributed by atoms with van der Waals surface area (Å²) < 4.78 is 5.35. The molecule has 2 aliphatic heterocycles. The maximum absolute atomic E-state index is 12.5. The average molecular weight is 424 g/mol. The monoisotopic (exact) mass is 424 g/mol. The lowest BCUT2D eigenvalue weighted by Gasteiger charge is -2.28. The number of rotatable bonds is 5. The van der Waals surface area contributed by atoms with E-state index in [2.05, 4.69) is 15.2 Å². The van der Waals surface area contributed by atoms with Crippen molar-refractivity contribution in [2.45, 2.75) is 0 Å². The van der Waals surface area contributed by atoms with Crippen molar-refractivity contribution in [1.82, 2.24) is 9.88 Å². The lowest BCUT2D eigenvalue weighted by molar-refractivity contribution is -0.127. The predicted molar refractivity (Wildman–Crippen MR) is 115 cm³/mol. The SMILES string of the molecule is O=C(CN1C(=O)S/C(=C\c2ccccn2)C1=O)Nc1ccc(N2CCOCC2)cc1. The minimum atomic E-state index is -0.492. The molecule has 8 nitrogen and oxygen atoms in total. The van der Waals surface area contributed by atoms with Gasteiger partial charge in [-0.1, -0.05) is 6.07 Å². The van der Waals surface area contributed by atoms with Gasteiger partial charge in [0, 0.05) is 30.7 Å². The van der Waals surface area contributed by atoms with Gasteiger partial charge in [-0.3, -0.25) is 24.3 Å². The van der Waals surface area contributed by atoms with Gasteiger partial charge in [-0.25, -0.2) is 0 Å². The number of carbonyl (C=O) groups is 3. The van der Waals surface area contributed by atoms with Crippen LogP contribution in [0.25, 0.3) is 6.08 Å². The highest BCUT2D eigenvalue weighted by atomic mass is 32.2. The number of aromatic nitrogens is 1. The van der Waals surface area contributed by atoms with E-state index in [0.29, 0.717) is 24.6 Å². The number of ether oxygens (including phenoxy) is 1. The van der Waals surface area contributed by atoms with Gasteiger partial charge in [-0.15, -0.1) is 0 Å². The van der Waals surface area contributed by atoms with Crippen LogP contribution >= 0.6 is 11.8 Å². The molecule has 0 atom stereocenters. The van der Waals surface area contributed by atoms with E-state index in [1.165, 1.54) is 0 Å². The summed E-state index contributed by atoms with van der Waals surface area (Å²) in [6.07, 6.45) is 3.15. The zero-order valence-electron chi connectivity index (χ0n) is 16.1. The number of hydrogen-bond acceptors (Lipinski definition) is 7. The Balaban J connectivity index is 1.36. The number of anilines is 2. The van der Waals surface area contributed by atoms with Gasteiger partial charge in [0.2, 0.25) is 5.91 Å². The summed E-state index contributed by atoms with van der Waals surface area (Å²) in [7, 11) is 0. The Hall–Kier alpha value is -3.17. The van der Waals surface area contributed by atoms with E-state index in [0.717, 1.165) is 35.4 Å². The highest BCUT2D eigenvalue weighted by molar-refractivity contribution is 8.18. The number of nitrogens with zero attached hydrogens (tertiary/aromatic N) is 3. The molecule has 0 saturated carbocycles. The Morgan fingerprint density at radius 1 is 1.13 bits per heavy atom.